The first-order chi connectivity index (χ1) is 15.6. The lowest BCUT2D eigenvalue weighted by atomic mass is 9.71. The highest BCUT2D eigenvalue weighted by molar-refractivity contribution is 6.30. The van der Waals surface area contributed by atoms with E-state index in [9.17, 15) is 4.79 Å². The van der Waals surface area contributed by atoms with Gasteiger partial charge < -0.3 is 4.74 Å². The summed E-state index contributed by atoms with van der Waals surface area (Å²) in [6, 6.07) is 18.1. The zero-order valence-corrected chi connectivity index (χ0v) is 19.8. The number of halogens is 1. The van der Waals surface area contributed by atoms with E-state index in [1.807, 2.05) is 30.3 Å². The molecule has 1 aliphatic carbocycles. The zero-order chi connectivity index (χ0) is 22.5. The molecule has 0 N–H and O–H groups in total. The van der Waals surface area contributed by atoms with Gasteiger partial charge in [-0.05, 0) is 60.4 Å². The second-order valence-corrected chi connectivity index (χ2v) is 9.76. The van der Waals surface area contributed by atoms with E-state index in [2.05, 4.69) is 37.8 Å². The lowest BCUT2D eigenvalue weighted by molar-refractivity contribution is -0.131. The van der Waals surface area contributed by atoms with E-state index in [4.69, 9.17) is 16.3 Å². The maximum Gasteiger partial charge on any atom is 0.230 e. The fourth-order valence-corrected chi connectivity index (χ4v) is 5.69. The molecule has 1 heterocycles. The first kappa shape index (κ1) is 22.9. The summed E-state index contributed by atoms with van der Waals surface area (Å²) < 4.78 is 5.74. The Labute approximate surface area is 197 Å². The van der Waals surface area contributed by atoms with Crippen molar-refractivity contribution in [2.75, 3.05) is 6.61 Å². The Hall–Kier alpha value is -2.26. The van der Waals surface area contributed by atoms with Crippen LogP contribution in [0, 0.1) is 11.8 Å². The van der Waals surface area contributed by atoms with Gasteiger partial charge in [-0.3, -0.25) is 9.69 Å². The Bertz CT molecular complexity index is 903. The summed E-state index contributed by atoms with van der Waals surface area (Å²) in [4.78, 5) is 15.4. The average Bonchev–Trinajstić information content (AvgIpc) is 3.21. The minimum atomic E-state index is -0.109. The Morgan fingerprint density at radius 3 is 2.44 bits per heavy atom. The first-order valence-electron chi connectivity index (χ1n) is 12.0. The third-order valence-electron chi connectivity index (χ3n) is 7.29. The Balaban J connectivity index is 1.54. The minimum Gasteiger partial charge on any atom is -0.477 e. The van der Waals surface area contributed by atoms with Gasteiger partial charge in [0.1, 0.15) is 6.61 Å². The fraction of sp³-hybridized carbons (Fsp3) is 0.464. The number of hydrogen-bond acceptors (Lipinski definition) is 2. The molecule has 4 rings (SSSR count). The SMILES string of the molecule is C=C1OCC(c2ccccc2)N1C(=O)CC(c1ccc(Cl)cc1)C1CCC(CCC)CC1. The van der Waals surface area contributed by atoms with Crippen LogP contribution < -0.4 is 0 Å². The zero-order valence-electron chi connectivity index (χ0n) is 19.0. The van der Waals surface area contributed by atoms with Crippen molar-refractivity contribution in [2.24, 2.45) is 11.8 Å². The maximum absolute atomic E-state index is 13.7. The summed E-state index contributed by atoms with van der Waals surface area (Å²) in [5.74, 6) is 2.10. The number of ether oxygens (including phenoxy) is 1. The molecule has 1 amide bonds. The second-order valence-electron chi connectivity index (χ2n) is 9.33. The normalized spacial score (nSPS) is 24.2. The van der Waals surface area contributed by atoms with Gasteiger partial charge in [0, 0.05) is 11.4 Å². The van der Waals surface area contributed by atoms with E-state index >= 15 is 0 Å². The molecule has 32 heavy (non-hydrogen) atoms. The van der Waals surface area contributed by atoms with Gasteiger partial charge in [0.05, 0.1) is 6.04 Å². The van der Waals surface area contributed by atoms with Crippen LogP contribution in [0.5, 0.6) is 0 Å². The molecule has 2 aromatic rings. The van der Waals surface area contributed by atoms with Crippen LogP contribution in [0.15, 0.2) is 67.1 Å². The Kier molecular flexibility index (Phi) is 7.57. The van der Waals surface area contributed by atoms with Crippen molar-refractivity contribution in [1.29, 1.82) is 0 Å². The fourth-order valence-electron chi connectivity index (χ4n) is 5.57. The number of carbonyl (C=O) groups is 1. The molecule has 2 fully saturated rings. The molecule has 0 aromatic heterocycles. The first-order valence-corrected chi connectivity index (χ1v) is 12.4. The topological polar surface area (TPSA) is 29.5 Å². The number of nitrogens with zero attached hydrogens (tertiary/aromatic N) is 1. The van der Waals surface area contributed by atoms with E-state index in [-0.39, 0.29) is 17.9 Å². The molecule has 0 radical (unpaired) electrons. The summed E-state index contributed by atoms with van der Waals surface area (Å²) in [5.41, 5.74) is 2.30. The van der Waals surface area contributed by atoms with Crippen LogP contribution in [0.1, 0.15) is 75.0 Å². The largest absolute Gasteiger partial charge is 0.477 e. The quantitative estimate of drug-likeness (QED) is 0.436. The predicted octanol–water partition coefficient (Wildman–Crippen LogP) is 7.49. The van der Waals surface area contributed by atoms with Gasteiger partial charge in [0.2, 0.25) is 5.91 Å². The molecule has 1 aliphatic heterocycles. The predicted molar refractivity (Wildman–Crippen MR) is 130 cm³/mol. The molecule has 0 spiro atoms. The third kappa shape index (κ3) is 5.20. The Morgan fingerprint density at radius 1 is 1.09 bits per heavy atom. The smallest absolute Gasteiger partial charge is 0.230 e. The van der Waals surface area contributed by atoms with Gasteiger partial charge in [0.25, 0.3) is 0 Å². The number of rotatable bonds is 7. The highest BCUT2D eigenvalue weighted by Crippen LogP contribution is 2.43. The van der Waals surface area contributed by atoms with E-state index < -0.39 is 0 Å². The van der Waals surface area contributed by atoms with Gasteiger partial charge in [-0.25, -0.2) is 0 Å². The van der Waals surface area contributed by atoms with Crippen LogP contribution in [0.2, 0.25) is 5.02 Å². The lowest BCUT2D eigenvalue weighted by Gasteiger charge is -2.35. The van der Waals surface area contributed by atoms with E-state index in [0.717, 1.165) is 16.5 Å². The van der Waals surface area contributed by atoms with Crippen LogP contribution in [0.3, 0.4) is 0 Å². The van der Waals surface area contributed by atoms with Gasteiger partial charge in [-0.1, -0.05) is 86.7 Å². The van der Waals surface area contributed by atoms with E-state index in [0.29, 0.717) is 24.8 Å². The average molecular weight is 452 g/mol. The monoisotopic (exact) mass is 451 g/mol. The number of amides is 1. The molecule has 1 saturated carbocycles. The summed E-state index contributed by atoms with van der Waals surface area (Å²) >= 11 is 6.17. The number of benzene rings is 2. The number of carbonyl (C=O) groups excluding carboxylic acids is 1. The van der Waals surface area contributed by atoms with Crippen LogP contribution in [0.4, 0.5) is 0 Å². The highest BCUT2D eigenvalue weighted by atomic mass is 35.5. The van der Waals surface area contributed by atoms with Gasteiger partial charge >= 0.3 is 0 Å². The molecule has 0 bridgehead atoms. The van der Waals surface area contributed by atoms with E-state index in [1.54, 1.807) is 4.90 Å². The molecule has 2 aromatic carbocycles. The molecule has 3 nitrogen and oxygen atoms in total. The van der Waals surface area contributed by atoms with Gasteiger partial charge in [0.15, 0.2) is 5.88 Å². The van der Waals surface area contributed by atoms with Crippen molar-refractivity contribution in [3.8, 4) is 0 Å². The summed E-state index contributed by atoms with van der Waals surface area (Å²) in [6.45, 7) is 6.77. The molecule has 2 atom stereocenters. The maximum atomic E-state index is 13.7. The van der Waals surface area contributed by atoms with Crippen molar-refractivity contribution in [3.05, 3.63) is 83.2 Å². The molecule has 4 heteroatoms. The van der Waals surface area contributed by atoms with Crippen molar-refractivity contribution < 1.29 is 9.53 Å². The Morgan fingerprint density at radius 2 is 1.78 bits per heavy atom. The van der Waals surface area contributed by atoms with Crippen molar-refractivity contribution in [2.45, 2.75) is 63.8 Å². The van der Waals surface area contributed by atoms with Crippen molar-refractivity contribution in [3.63, 3.8) is 0 Å². The van der Waals surface area contributed by atoms with Crippen LogP contribution >= 0.6 is 11.6 Å². The molecular formula is C28H34ClNO2. The summed E-state index contributed by atoms with van der Waals surface area (Å²) in [7, 11) is 0. The molecule has 2 unspecified atom stereocenters. The van der Waals surface area contributed by atoms with Crippen molar-refractivity contribution >= 4 is 17.5 Å². The lowest BCUT2D eigenvalue weighted by Crippen LogP contribution is -2.33. The minimum absolute atomic E-state index is 0.0944. The third-order valence-corrected chi connectivity index (χ3v) is 7.54. The summed E-state index contributed by atoms with van der Waals surface area (Å²) in [6.07, 6.45) is 7.95. The second kappa shape index (κ2) is 10.6. The molecule has 2 aliphatic rings. The number of hydrogen-bond donors (Lipinski definition) is 0. The molecule has 170 valence electrons. The van der Waals surface area contributed by atoms with E-state index in [1.165, 1.54) is 44.1 Å². The van der Waals surface area contributed by atoms with Gasteiger partial charge in [-0.15, -0.1) is 0 Å². The van der Waals surface area contributed by atoms with Crippen LogP contribution in [0.25, 0.3) is 0 Å². The molecular weight excluding hydrogens is 418 g/mol. The van der Waals surface area contributed by atoms with Crippen LogP contribution in [-0.4, -0.2) is 17.4 Å². The summed E-state index contributed by atoms with van der Waals surface area (Å²) in [5, 5.41) is 0.732. The standard InChI is InChI=1S/C28H34ClNO2/c1-3-7-21-10-12-22(13-11-21)26(23-14-16-25(29)17-15-23)18-28(31)30-20(2)32-19-27(30)24-8-5-4-6-9-24/h4-6,8-9,14-17,21-22,26-27H,2-3,7,10-13,18-19H2,1H3. The van der Waals surface area contributed by atoms with Crippen LogP contribution in [-0.2, 0) is 9.53 Å². The van der Waals surface area contributed by atoms with Gasteiger partial charge in [-0.2, -0.15) is 0 Å². The molecule has 1 saturated heterocycles. The highest BCUT2D eigenvalue weighted by Gasteiger charge is 2.37. The van der Waals surface area contributed by atoms with Crippen molar-refractivity contribution in [1.82, 2.24) is 4.90 Å².